The number of benzene rings is 1. The summed E-state index contributed by atoms with van der Waals surface area (Å²) in [6.45, 7) is 5.89. The van der Waals surface area contributed by atoms with E-state index in [2.05, 4.69) is 21.2 Å². The van der Waals surface area contributed by atoms with Crippen LogP contribution in [0.5, 0.6) is 11.5 Å². The fourth-order valence-corrected chi connectivity index (χ4v) is 3.26. The Hall–Kier alpha value is -0.980. The number of methoxy groups -OCH3 is 1. The maximum absolute atomic E-state index is 11.6. The molecule has 0 spiro atoms. The molecule has 136 valence electrons. The van der Waals surface area contributed by atoms with Crippen molar-refractivity contribution in [2.45, 2.75) is 32.7 Å². The number of carbonyl (C=O) groups excluding carboxylic acids is 1. The summed E-state index contributed by atoms with van der Waals surface area (Å²) in [5.41, 5.74) is 1.07. The predicted molar refractivity (Wildman–Crippen MR) is 101 cm³/mol. The van der Waals surface area contributed by atoms with Crippen LogP contribution in [0.15, 0.2) is 16.6 Å². The van der Waals surface area contributed by atoms with E-state index in [1.807, 2.05) is 24.0 Å². The van der Waals surface area contributed by atoms with Crippen LogP contribution in [0.2, 0.25) is 0 Å². The lowest BCUT2D eigenvalue weighted by Crippen LogP contribution is -2.28. The molecule has 0 bridgehead atoms. The van der Waals surface area contributed by atoms with Crippen LogP contribution in [0, 0.1) is 0 Å². The third kappa shape index (κ3) is 5.83. The normalized spacial score (nSPS) is 13.8. The molecule has 0 saturated carbocycles. The second-order valence-corrected chi connectivity index (χ2v) is 6.46. The monoisotopic (exact) mass is 420 g/mol. The summed E-state index contributed by atoms with van der Waals surface area (Å²) in [5, 5.41) is 3.42. The van der Waals surface area contributed by atoms with Gasteiger partial charge in [0, 0.05) is 36.1 Å². The van der Waals surface area contributed by atoms with Crippen molar-refractivity contribution in [1.82, 2.24) is 10.2 Å². The van der Waals surface area contributed by atoms with Gasteiger partial charge in [0.05, 0.1) is 13.7 Å². The molecular formula is C17H26BrClN2O3. The number of ether oxygens (including phenoxy) is 2. The highest BCUT2D eigenvalue weighted by Crippen LogP contribution is 2.34. The summed E-state index contributed by atoms with van der Waals surface area (Å²) < 4.78 is 12.1. The minimum atomic E-state index is 0. The van der Waals surface area contributed by atoms with E-state index in [-0.39, 0.29) is 12.4 Å². The zero-order valence-corrected chi connectivity index (χ0v) is 16.7. The van der Waals surface area contributed by atoms with Crippen LogP contribution in [0.4, 0.5) is 0 Å². The molecule has 0 aromatic heterocycles. The first-order chi connectivity index (χ1) is 11.2. The van der Waals surface area contributed by atoms with Crippen molar-refractivity contribution in [1.29, 1.82) is 0 Å². The van der Waals surface area contributed by atoms with Gasteiger partial charge in [0.1, 0.15) is 0 Å². The zero-order valence-electron chi connectivity index (χ0n) is 14.3. The van der Waals surface area contributed by atoms with E-state index < -0.39 is 0 Å². The molecular weight excluding hydrogens is 396 g/mol. The smallest absolute Gasteiger partial charge is 0.222 e. The number of rotatable bonds is 9. The molecule has 0 aliphatic carbocycles. The van der Waals surface area contributed by atoms with Gasteiger partial charge in [-0.15, -0.1) is 12.4 Å². The van der Waals surface area contributed by atoms with Crippen LogP contribution in [0.3, 0.4) is 0 Å². The highest BCUT2D eigenvalue weighted by atomic mass is 79.9. The Morgan fingerprint density at radius 3 is 2.79 bits per heavy atom. The first-order valence-corrected chi connectivity index (χ1v) is 8.92. The molecule has 1 aromatic rings. The SMILES string of the molecule is CCOc1c(CNCCCN2CCCC2=O)cc(Br)cc1OC.Cl. The van der Waals surface area contributed by atoms with E-state index >= 15 is 0 Å². The van der Waals surface area contributed by atoms with Gasteiger partial charge in [-0.05, 0) is 38.4 Å². The quantitative estimate of drug-likeness (QED) is 0.621. The Morgan fingerprint density at radius 2 is 2.17 bits per heavy atom. The van der Waals surface area contributed by atoms with Crippen molar-refractivity contribution in [3.8, 4) is 11.5 Å². The first kappa shape index (κ1) is 21.1. The number of halogens is 2. The van der Waals surface area contributed by atoms with E-state index in [9.17, 15) is 4.79 Å². The Labute approximate surface area is 158 Å². The molecule has 1 heterocycles. The van der Waals surface area contributed by atoms with Crippen LogP contribution >= 0.6 is 28.3 Å². The van der Waals surface area contributed by atoms with Gasteiger partial charge in [0.25, 0.3) is 0 Å². The summed E-state index contributed by atoms with van der Waals surface area (Å²) in [5.74, 6) is 1.82. The van der Waals surface area contributed by atoms with Crippen molar-refractivity contribution in [3.05, 3.63) is 22.2 Å². The summed E-state index contributed by atoms with van der Waals surface area (Å²) in [6.07, 6.45) is 2.67. The first-order valence-electron chi connectivity index (χ1n) is 8.13. The molecule has 1 amide bonds. The summed E-state index contributed by atoms with van der Waals surface area (Å²) >= 11 is 3.51. The number of hydrogen-bond acceptors (Lipinski definition) is 4. The molecule has 0 unspecified atom stereocenters. The van der Waals surface area contributed by atoms with Gasteiger partial charge in [-0.3, -0.25) is 4.79 Å². The number of likely N-dealkylation sites (tertiary alicyclic amines) is 1. The molecule has 1 aliphatic rings. The van der Waals surface area contributed by atoms with Crippen LogP contribution in [-0.4, -0.2) is 44.2 Å². The maximum Gasteiger partial charge on any atom is 0.222 e. The van der Waals surface area contributed by atoms with Crippen molar-refractivity contribution in [2.75, 3.05) is 33.4 Å². The van der Waals surface area contributed by atoms with E-state index in [0.29, 0.717) is 25.5 Å². The largest absolute Gasteiger partial charge is 0.493 e. The summed E-state index contributed by atoms with van der Waals surface area (Å²) in [7, 11) is 1.65. The van der Waals surface area contributed by atoms with Gasteiger partial charge >= 0.3 is 0 Å². The van der Waals surface area contributed by atoms with Gasteiger partial charge in [0.2, 0.25) is 5.91 Å². The minimum Gasteiger partial charge on any atom is -0.493 e. The van der Waals surface area contributed by atoms with Crippen LogP contribution in [-0.2, 0) is 11.3 Å². The lowest BCUT2D eigenvalue weighted by atomic mass is 10.2. The average Bonchev–Trinajstić information content (AvgIpc) is 2.94. The average molecular weight is 422 g/mol. The third-order valence-corrected chi connectivity index (χ3v) is 4.33. The Balaban J connectivity index is 0.00000288. The predicted octanol–water partition coefficient (Wildman–Crippen LogP) is 3.38. The van der Waals surface area contributed by atoms with Gasteiger partial charge < -0.3 is 19.7 Å². The lowest BCUT2D eigenvalue weighted by molar-refractivity contribution is -0.127. The third-order valence-electron chi connectivity index (χ3n) is 3.87. The van der Waals surface area contributed by atoms with E-state index in [0.717, 1.165) is 54.0 Å². The van der Waals surface area contributed by atoms with Crippen molar-refractivity contribution in [3.63, 3.8) is 0 Å². The molecule has 1 aromatic carbocycles. The molecule has 24 heavy (non-hydrogen) atoms. The Kier molecular flexibility index (Phi) is 9.48. The van der Waals surface area contributed by atoms with Crippen molar-refractivity contribution >= 4 is 34.2 Å². The molecule has 7 heteroatoms. The number of hydrogen-bond donors (Lipinski definition) is 1. The fraction of sp³-hybridized carbons (Fsp3) is 0.588. The number of amides is 1. The molecule has 5 nitrogen and oxygen atoms in total. The van der Waals surface area contributed by atoms with Gasteiger partial charge in [-0.25, -0.2) is 0 Å². The van der Waals surface area contributed by atoms with Crippen molar-refractivity contribution in [2.24, 2.45) is 0 Å². The molecule has 1 aliphatic heterocycles. The van der Waals surface area contributed by atoms with Crippen LogP contribution < -0.4 is 14.8 Å². The number of carbonyl (C=O) groups is 1. The fourth-order valence-electron chi connectivity index (χ4n) is 2.77. The molecule has 2 rings (SSSR count). The highest BCUT2D eigenvalue weighted by Gasteiger charge is 2.19. The Morgan fingerprint density at radius 1 is 1.38 bits per heavy atom. The van der Waals surface area contributed by atoms with E-state index in [1.54, 1.807) is 7.11 Å². The van der Waals surface area contributed by atoms with Gasteiger partial charge in [-0.1, -0.05) is 15.9 Å². The second kappa shape index (κ2) is 10.8. The van der Waals surface area contributed by atoms with Gasteiger partial charge in [0.15, 0.2) is 11.5 Å². The zero-order chi connectivity index (χ0) is 16.7. The maximum atomic E-state index is 11.6. The molecule has 1 saturated heterocycles. The summed E-state index contributed by atoms with van der Waals surface area (Å²) in [6, 6.07) is 3.96. The summed E-state index contributed by atoms with van der Waals surface area (Å²) in [4.78, 5) is 13.5. The topological polar surface area (TPSA) is 50.8 Å². The minimum absolute atomic E-state index is 0. The molecule has 0 atom stereocenters. The highest BCUT2D eigenvalue weighted by molar-refractivity contribution is 9.10. The van der Waals surface area contributed by atoms with Gasteiger partial charge in [-0.2, -0.15) is 0 Å². The van der Waals surface area contributed by atoms with E-state index in [4.69, 9.17) is 9.47 Å². The Bertz CT molecular complexity index is 543. The molecule has 1 N–H and O–H groups in total. The standard InChI is InChI=1S/C17H25BrN2O3.ClH/c1-3-23-17-13(10-14(18)11-15(17)22-2)12-19-7-5-9-20-8-4-6-16(20)21;/h10-11,19H,3-9,12H2,1-2H3;1H. The molecule has 0 radical (unpaired) electrons. The van der Waals surface area contributed by atoms with Crippen LogP contribution in [0.25, 0.3) is 0 Å². The lowest BCUT2D eigenvalue weighted by Gasteiger charge is -2.17. The molecule has 1 fully saturated rings. The van der Waals surface area contributed by atoms with Crippen molar-refractivity contribution < 1.29 is 14.3 Å². The van der Waals surface area contributed by atoms with E-state index in [1.165, 1.54) is 0 Å². The number of nitrogens with zero attached hydrogens (tertiary/aromatic N) is 1. The van der Waals surface area contributed by atoms with Crippen LogP contribution in [0.1, 0.15) is 31.7 Å². The number of nitrogens with one attached hydrogen (secondary N) is 1. The second-order valence-electron chi connectivity index (χ2n) is 5.54.